The van der Waals surface area contributed by atoms with E-state index in [9.17, 15) is 5.26 Å². The third-order valence-electron chi connectivity index (χ3n) is 4.25. The zero-order valence-corrected chi connectivity index (χ0v) is 18.4. The molecule has 1 aromatic heterocycles. The Hall–Kier alpha value is -2.86. The molecule has 0 unspecified atom stereocenters. The fourth-order valence-corrected chi connectivity index (χ4v) is 3.27. The van der Waals surface area contributed by atoms with Crippen molar-refractivity contribution in [3.05, 3.63) is 52.6 Å². The average molecular weight is 472 g/mol. The van der Waals surface area contributed by atoms with Crippen LogP contribution >= 0.6 is 15.9 Å². The number of hydrogen-bond donors (Lipinski definition) is 1. The van der Waals surface area contributed by atoms with Crippen molar-refractivity contribution in [2.24, 2.45) is 0 Å². The van der Waals surface area contributed by atoms with Gasteiger partial charge in [0.05, 0.1) is 24.5 Å². The molecule has 156 valence electrons. The van der Waals surface area contributed by atoms with Gasteiger partial charge in [-0.2, -0.15) is 5.26 Å². The fraction of sp³-hybridized carbons (Fsp3) is 0.273. The van der Waals surface area contributed by atoms with Gasteiger partial charge in [0.1, 0.15) is 24.8 Å². The molecule has 0 amide bonds. The molecule has 1 N–H and O–H groups in total. The number of aromatic nitrogens is 1. The van der Waals surface area contributed by atoms with Gasteiger partial charge >= 0.3 is 0 Å². The molecule has 8 heteroatoms. The predicted octanol–water partition coefficient (Wildman–Crippen LogP) is 4.66. The molecule has 0 radical (unpaired) electrons. The maximum atomic E-state index is 9.63. The van der Waals surface area contributed by atoms with E-state index in [0.29, 0.717) is 54.7 Å². The van der Waals surface area contributed by atoms with Gasteiger partial charge in [0.25, 0.3) is 0 Å². The second-order valence-corrected chi connectivity index (χ2v) is 7.18. The summed E-state index contributed by atoms with van der Waals surface area (Å²) in [5.74, 6) is 1.06. The summed E-state index contributed by atoms with van der Waals surface area (Å²) in [6, 6.07) is 13.6. The number of benzene rings is 2. The number of hydrogen-bond acceptors (Lipinski definition) is 7. The SMILES string of the molecule is COCCOc1ccc2c(Nc3cccc(Br)c3)c(C#N)cnc2c1OCCOC. The highest BCUT2D eigenvalue weighted by Gasteiger charge is 2.17. The van der Waals surface area contributed by atoms with Gasteiger partial charge in [-0.3, -0.25) is 4.98 Å². The summed E-state index contributed by atoms with van der Waals surface area (Å²) in [5.41, 5.74) is 2.52. The Labute approximate surface area is 183 Å². The second kappa shape index (κ2) is 10.8. The first kappa shape index (κ1) is 21.8. The molecular weight excluding hydrogens is 450 g/mol. The van der Waals surface area contributed by atoms with E-state index in [2.05, 4.69) is 32.3 Å². The number of methoxy groups -OCH3 is 2. The highest BCUT2D eigenvalue weighted by Crippen LogP contribution is 2.39. The third-order valence-corrected chi connectivity index (χ3v) is 4.74. The van der Waals surface area contributed by atoms with Crippen LogP contribution in [-0.4, -0.2) is 45.6 Å². The second-order valence-electron chi connectivity index (χ2n) is 6.27. The first-order valence-corrected chi connectivity index (χ1v) is 10.1. The van der Waals surface area contributed by atoms with Crippen molar-refractivity contribution in [2.45, 2.75) is 0 Å². The largest absolute Gasteiger partial charge is 0.487 e. The molecule has 2 aromatic carbocycles. The van der Waals surface area contributed by atoms with Crippen LogP contribution in [0.3, 0.4) is 0 Å². The number of rotatable bonds is 10. The van der Waals surface area contributed by atoms with Gasteiger partial charge in [-0.1, -0.05) is 22.0 Å². The monoisotopic (exact) mass is 471 g/mol. The zero-order valence-electron chi connectivity index (χ0n) is 16.8. The van der Waals surface area contributed by atoms with Crippen LogP contribution < -0.4 is 14.8 Å². The van der Waals surface area contributed by atoms with Gasteiger partial charge < -0.3 is 24.3 Å². The standard InChI is InChI=1S/C22H22BrN3O4/c1-27-8-10-29-19-7-6-18-20(26-17-5-3-4-16(23)12-17)15(13-24)14-25-21(18)22(19)30-11-9-28-2/h3-7,12,14H,8-11H2,1-2H3,(H,25,26). The Kier molecular flexibility index (Phi) is 7.85. The van der Waals surface area contributed by atoms with Crippen LogP contribution in [0, 0.1) is 11.3 Å². The zero-order chi connectivity index (χ0) is 21.3. The van der Waals surface area contributed by atoms with E-state index in [-0.39, 0.29) is 0 Å². The Bertz CT molecular complexity index is 1050. The van der Waals surface area contributed by atoms with Crippen LogP contribution in [0.5, 0.6) is 11.5 Å². The van der Waals surface area contributed by atoms with Crippen LogP contribution in [0.25, 0.3) is 10.9 Å². The lowest BCUT2D eigenvalue weighted by molar-refractivity contribution is 0.133. The molecule has 1 heterocycles. The maximum absolute atomic E-state index is 9.63. The minimum Gasteiger partial charge on any atom is -0.487 e. The van der Waals surface area contributed by atoms with Crippen molar-refractivity contribution in [3.63, 3.8) is 0 Å². The molecule has 0 atom stereocenters. The Balaban J connectivity index is 2.08. The van der Waals surface area contributed by atoms with Crippen molar-refractivity contribution < 1.29 is 18.9 Å². The van der Waals surface area contributed by atoms with E-state index in [1.54, 1.807) is 14.2 Å². The third kappa shape index (κ3) is 5.19. The molecule has 0 aliphatic heterocycles. The Morgan fingerprint density at radius 3 is 2.50 bits per heavy atom. The number of fused-ring (bicyclic) bond motifs is 1. The smallest absolute Gasteiger partial charge is 0.187 e. The van der Waals surface area contributed by atoms with Crippen LogP contribution in [0.15, 0.2) is 47.1 Å². The van der Waals surface area contributed by atoms with E-state index >= 15 is 0 Å². The molecule has 0 aliphatic rings. The molecule has 0 saturated heterocycles. The summed E-state index contributed by atoms with van der Waals surface area (Å²) in [5, 5.41) is 13.7. The van der Waals surface area contributed by atoms with Gasteiger partial charge in [-0.05, 0) is 30.3 Å². The first-order valence-electron chi connectivity index (χ1n) is 9.29. The summed E-state index contributed by atoms with van der Waals surface area (Å²) in [6.45, 7) is 1.59. The molecule has 7 nitrogen and oxygen atoms in total. The van der Waals surface area contributed by atoms with Crippen molar-refractivity contribution in [3.8, 4) is 17.6 Å². The van der Waals surface area contributed by atoms with Crippen LogP contribution in [-0.2, 0) is 9.47 Å². The van der Waals surface area contributed by atoms with Crippen molar-refractivity contribution in [1.29, 1.82) is 5.26 Å². The van der Waals surface area contributed by atoms with Gasteiger partial charge in [-0.15, -0.1) is 0 Å². The van der Waals surface area contributed by atoms with Gasteiger partial charge in [0.2, 0.25) is 0 Å². The molecule has 30 heavy (non-hydrogen) atoms. The predicted molar refractivity (Wildman–Crippen MR) is 119 cm³/mol. The summed E-state index contributed by atoms with van der Waals surface area (Å²) in [6.07, 6.45) is 1.53. The summed E-state index contributed by atoms with van der Waals surface area (Å²) >= 11 is 3.47. The van der Waals surface area contributed by atoms with Crippen molar-refractivity contribution >= 4 is 38.2 Å². The number of nitriles is 1. The van der Waals surface area contributed by atoms with Crippen LogP contribution in [0.1, 0.15) is 5.56 Å². The van der Waals surface area contributed by atoms with Crippen molar-refractivity contribution in [1.82, 2.24) is 4.98 Å². The van der Waals surface area contributed by atoms with E-state index in [1.807, 2.05) is 36.4 Å². The molecular formula is C22H22BrN3O4. The minimum atomic E-state index is 0.340. The van der Waals surface area contributed by atoms with E-state index in [0.717, 1.165) is 15.5 Å². The quantitative estimate of drug-likeness (QED) is 0.430. The first-order chi connectivity index (χ1) is 14.7. The Morgan fingerprint density at radius 2 is 1.80 bits per heavy atom. The number of nitrogens with zero attached hydrogens (tertiary/aromatic N) is 2. The number of anilines is 2. The Morgan fingerprint density at radius 1 is 1.03 bits per heavy atom. The molecule has 0 saturated carbocycles. The molecule has 0 bridgehead atoms. The maximum Gasteiger partial charge on any atom is 0.187 e. The topological polar surface area (TPSA) is 85.6 Å². The number of halogens is 1. The summed E-state index contributed by atoms with van der Waals surface area (Å²) in [4.78, 5) is 4.49. The van der Waals surface area contributed by atoms with Gasteiger partial charge in [-0.25, -0.2) is 0 Å². The average Bonchev–Trinajstić information content (AvgIpc) is 2.75. The lowest BCUT2D eigenvalue weighted by Gasteiger charge is -2.17. The molecule has 0 aliphatic carbocycles. The molecule has 3 aromatic rings. The lowest BCUT2D eigenvalue weighted by atomic mass is 10.1. The minimum absolute atomic E-state index is 0.340. The van der Waals surface area contributed by atoms with E-state index in [4.69, 9.17) is 18.9 Å². The van der Waals surface area contributed by atoms with E-state index < -0.39 is 0 Å². The summed E-state index contributed by atoms with van der Waals surface area (Å²) in [7, 11) is 3.23. The normalized spacial score (nSPS) is 10.6. The number of nitrogens with one attached hydrogen (secondary N) is 1. The van der Waals surface area contributed by atoms with Crippen LogP contribution in [0.2, 0.25) is 0 Å². The highest BCUT2D eigenvalue weighted by molar-refractivity contribution is 9.10. The fourth-order valence-electron chi connectivity index (χ4n) is 2.87. The summed E-state index contributed by atoms with van der Waals surface area (Å²) < 4.78 is 22.9. The molecule has 0 spiro atoms. The molecule has 0 fully saturated rings. The van der Waals surface area contributed by atoms with Gasteiger partial charge in [0.15, 0.2) is 11.5 Å². The number of ether oxygens (including phenoxy) is 4. The molecule has 3 rings (SSSR count). The lowest BCUT2D eigenvalue weighted by Crippen LogP contribution is -2.09. The van der Waals surface area contributed by atoms with E-state index in [1.165, 1.54) is 6.20 Å². The van der Waals surface area contributed by atoms with Crippen molar-refractivity contribution in [2.75, 3.05) is 46.0 Å². The number of pyridine rings is 1. The van der Waals surface area contributed by atoms with Gasteiger partial charge in [0, 0.05) is 36.0 Å². The van der Waals surface area contributed by atoms with Crippen LogP contribution in [0.4, 0.5) is 11.4 Å². The highest BCUT2D eigenvalue weighted by atomic mass is 79.9.